The van der Waals surface area contributed by atoms with E-state index in [9.17, 15) is 4.39 Å². The normalized spacial score (nSPS) is 12.6. The van der Waals surface area contributed by atoms with Crippen molar-refractivity contribution in [1.82, 2.24) is 5.32 Å². The van der Waals surface area contributed by atoms with Gasteiger partial charge >= 0.3 is 0 Å². The maximum atomic E-state index is 13.8. The molecule has 1 rings (SSSR count). The topological polar surface area (TPSA) is 12.0 Å². The van der Waals surface area contributed by atoms with E-state index in [-0.39, 0.29) is 5.82 Å². The van der Waals surface area contributed by atoms with E-state index in [2.05, 4.69) is 25.2 Å². The van der Waals surface area contributed by atoms with Crippen LogP contribution in [0.25, 0.3) is 0 Å². The van der Waals surface area contributed by atoms with Crippen LogP contribution in [0.4, 0.5) is 4.39 Å². The van der Waals surface area contributed by atoms with Crippen LogP contribution in [0.3, 0.4) is 0 Å². The maximum absolute atomic E-state index is 13.8. The third-order valence-corrected chi connectivity index (χ3v) is 4.09. The van der Waals surface area contributed by atoms with Crippen molar-refractivity contribution in [2.24, 2.45) is 0 Å². The van der Waals surface area contributed by atoms with Crippen molar-refractivity contribution in [2.75, 3.05) is 6.54 Å². The van der Waals surface area contributed by atoms with Crippen molar-refractivity contribution in [2.45, 2.75) is 78.2 Å². The van der Waals surface area contributed by atoms with E-state index >= 15 is 0 Å². The van der Waals surface area contributed by atoms with Crippen molar-refractivity contribution >= 4 is 0 Å². The van der Waals surface area contributed by atoms with Crippen LogP contribution >= 0.6 is 0 Å². The first-order valence-electron chi connectivity index (χ1n) is 8.68. The molecule has 0 bridgehead atoms. The Morgan fingerprint density at radius 1 is 1.00 bits per heavy atom. The smallest absolute Gasteiger partial charge is 0.126 e. The lowest BCUT2D eigenvalue weighted by molar-refractivity contribution is 0.464. The minimum Gasteiger partial charge on any atom is -0.310 e. The summed E-state index contributed by atoms with van der Waals surface area (Å²) >= 11 is 0. The van der Waals surface area contributed by atoms with Crippen LogP contribution in [-0.4, -0.2) is 6.54 Å². The molecule has 1 aromatic rings. The summed E-state index contributed by atoms with van der Waals surface area (Å²) in [7, 11) is 0. The number of benzene rings is 1. The van der Waals surface area contributed by atoms with Crippen molar-refractivity contribution < 1.29 is 4.39 Å². The van der Waals surface area contributed by atoms with Gasteiger partial charge in [-0.05, 0) is 43.5 Å². The standard InChI is InChI=1S/C19H32FN/c1-4-6-7-8-9-10-11-19(21-14-5-2)17-13-12-16(3)18(20)15-17/h12-13,15,19,21H,4-11,14H2,1-3H3. The molecule has 0 aliphatic heterocycles. The van der Waals surface area contributed by atoms with Gasteiger partial charge < -0.3 is 5.32 Å². The third-order valence-electron chi connectivity index (χ3n) is 4.09. The number of halogens is 1. The van der Waals surface area contributed by atoms with Gasteiger partial charge in [-0.3, -0.25) is 0 Å². The molecule has 120 valence electrons. The average molecular weight is 293 g/mol. The van der Waals surface area contributed by atoms with Crippen LogP contribution in [0.5, 0.6) is 0 Å². The van der Waals surface area contributed by atoms with Gasteiger partial charge in [-0.2, -0.15) is 0 Å². The van der Waals surface area contributed by atoms with Gasteiger partial charge in [-0.1, -0.05) is 64.5 Å². The predicted octanol–water partition coefficient (Wildman–Crippen LogP) is 5.93. The fourth-order valence-electron chi connectivity index (χ4n) is 2.66. The second-order valence-electron chi connectivity index (χ2n) is 6.07. The Morgan fingerprint density at radius 2 is 1.71 bits per heavy atom. The Bertz CT molecular complexity index is 389. The van der Waals surface area contributed by atoms with Crippen LogP contribution in [0.1, 0.15) is 82.4 Å². The molecule has 0 saturated carbocycles. The Morgan fingerprint density at radius 3 is 2.38 bits per heavy atom. The molecule has 0 spiro atoms. The molecule has 1 aromatic carbocycles. The number of rotatable bonds is 11. The van der Waals surface area contributed by atoms with Crippen molar-refractivity contribution in [1.29, 1.82) is 0 Å². The molecule has 0 aromatic heterocycles. The molecule has 2 heteroatoms. The van der Waals surface area contributed by atoms with E-state index in [0.29, 0.717) is 6.04 Å². The highest BCUT2D eigenvalue weighted by Crippen LogP contribution is 2.22. The molecule has 1 nitrogen and oxygen atoms in total. The van der Waals surface area contributed by atoms with E-state index < -0.39 is 0 Å². The quantitative estimate of drug-likeness (QED) is 0.499. The van der Waals surface area contributed by atoms with Gasteiger partial charge in [-0.15, -0.1) is 0 Å². The van der Waals surface area contributed by atoms with Gasteiger partial charge in [0.1, 0.15) is 5.82 Å². The summed E-state index contributed by atoms with van der Waals surface area (Å²) in [5.41, 5.74) is 1.83. The van der Waals surface area contributed by atoms with E-state index in [1.165, 1.54) is 38.5 Å². The van der Waals surface area contributed by atoms with E-state index in [4.69, 9.17) is 0 Å². The second kappa shape index (κ2) is 10.8. The molecule has 0 radical (unpaired) electrons. The average Bonchev–Trinajstić information content (AvgIpc) is 2.49. The summed E-state index contributed by atoms with van der Waals surface area (Å²) in [6.07, 6.45) is 10.1. The highest BCUT2D eigenvalue weighted by molar-refractivity contribution is 5.25. The first-order valence-corrected chi connectivity index (χ1v) is 8.68. The lowest BCUT2D eigenvalue weighted by atomic mass is 9.98. The Balaban J connectivity index is 2.48. The second-order valence-corrected chi connectivity index (χ2v) is 6.07. The van der Waals surface area contributed by atoms with Gasteiger partial charge in [0.15, 0.2) is 0 Å². The minimum absolute atomic E-state index is 0.0845. The van der Waals surface area contributed by atoms with E-state index in [1.807, 2.05) is 13.0 Å². The minimum atomic E-state index is -0.0845. The highest BCUT2D eigenvalue weighted by atomic mass is 19.1. The SMILES string of the molecule is CCCCCCCCC(NCCC)c1ccc(C)c(F)c1. The third kappa shape index (κ3) is 7.08. The molecular weight excluding hydrogens is 261 g/mol. The summed E-state index contributed by atoms with van der Waals surface area (Å²) in [6.45, 7) is 7.23. The highest BCUT2D eigenvalue weighted by Gasteiger charge is 2.12. The van der Waals surface area contributed by atoms with E-state index in [1.54, 1.807) is 6.07 Å². The molecule has 0 amide bonds. The first kappa shape index (κ1) is 18.2. The Kier molecular flexibility index (Phi) is 9.32. The summed E-state index contributed by atoms with van der Waals surface area (Å²) in [5, 5.41) is 3.57. The van der Waals surface area contributed by atoms with Gasteiger partial charge in [0.2, 0.25) is 0 Å². The van der Waals surface area contributed by atoms with Gasteiger partial charge in [0, 0.05) is 6.04 Å². The zero-order chi connectivity index (χ0) is 15.5. The molecule has 0 aliphatic carbocycles. The van der Waals surface area contributed by atoms with E-state index in [0.717, 1.165) is 30.5 Å². The molecule has 0 aliphatic rings. The fourth-order valence-corrected chi connectivity index (χ4v) is 2.66. The lowest BCUT2D eigenvalue weighted by Crippen LogP contribution is -2.22. The van der Waals surface area contributed by atoms with Gasteiger partial charge in [-0.25, -0.2) is 4.39 Å². The van der Waals surface area contributed by atoms with Crippen LogP contribution < -0.4 is 5.32 Å². The number of nitrogens with one attached hydrogen (secondary N) is 1. The zero-order valence-corrected chi connectivity index (χ0v) is 14.1. The van der Waals surface area contributed by atoms with Crippen LogP contribution in [0.2, 0.25) is 0 Å². The molecule has 21 heavy (non-hydrogen) atoms. The summed E-state index contributed by atoms with van der Waals surface area (Å²) in [4.78, 5) is 0. The first-order chi connectivity index (χ1) is 10.2. The lowest BCUT2D eigenvalue weighted by Gasteiger charge is -2.19. The summed E-state index contributed by atoms with van der Waals surface area (Å²) in [5.74, 6) is -0.0845. The predicted molar refractivity (Wildman–Crippen MR) is 90.2 cm³/mol. The molecule has 0 saturated heterocycles. The number of hydrogen-bond acceptors (Lipinski definition) is 1. The molecule has 0 heterocycles. The summed E-state index contributed by atoms with van der Waals surface area (Å²) < 4.78 is 13.8. The van der Waals surface area contributed by atoms with Gasteiger partial charge in [0.05, 0.1) is 0 Å². The molecule has 1 unspecified atom stereocenters. The fraction of sp³-hybridized carbons (Fsp3) is 0.684. The Labute approximate surface area is 130 Å². The van der Waals surface area contributed by atoms with Crippen LogP contribution in [0, 0.1) is 12.7 Å². The summed E-state index contributed by atoms with van der Waals surface area (Å²) in [6, 6.07) is 5.97. The largest absolute Gasteiger partial charge is 0.310 e. The molecule has 1 N–H and O–H groups in total. The molecule has 1 atom stereocenters. The van der Waals surface area contributed by atoms with Crippen molar-refractivity contribution in [3.8, 4) is 0 Å². The monoisotopic (exact) mass is 293 g/mol. The Hall–Kier alpha value is -0.890. The molecule has 0 fully saturated rings. The van der Waals surface area contributed by atoms with Gasteiger partial charge in [0.25, 0.3) is 0 Å². The number of aryl methyl sites for hydroxylation is 1. The number of hydrogen-bond donors (Lipinski definition) is 1. The van der Waals surface area contributed by atoms with Crippen LogP contribution in [0.15, 0.2) is 18.2 Å². The van der Waals surface area contributed by atoms with Crippen molar-refractivity contribution in [3.05, 3.63) is 35.1 Å². The molecular formula is C19H32FN. The van der Waals surface area contributed by atoms with Crippen LogP contribution in [-0.2, 0) is 0 Å². The maximum Gasteiger partial charge on any atom is 0.126 e. The number of unbranched alkanes of at least 4 members (excludes halogenated alkanes) is 5. The van der Waals surface area contributed by atoms with Crippen molar-refractivity contribution in [3.63, 3.8) is 0 Å². The zero-order valence-electron chi connectivity index (χ0n) is 14.1.